The number of carboxylic acid groups (broad SMARTS) is 1. The van der Waals surface area contributed by atoms with Crippen LogP contribution in [0.25, 0.3) is 0 Å². The highest BCUT2D eigenvalue weighted by Crippen LogP contribution is 2.29. The SMILES string of the molecule is O=C(O)CN(CC1CC1)C(=O)NCc1cccc(Br)c1. The summed E-state index contributed by atoms with van der Waals surface area (Å²) in [6.45, 7) is 0.663. The average Bonchev–Trinajstić information content (AvgIpc) is 3.19. The van der Waals surface area contributed by atoms with Gasteiger partial charge in [-0.3, -0.25) is 4.79 Å². The first-order valence-electron chi connectivity index (χ1n) is 6.53. The Balaban J connectivity index is 1.88. The van der Waals surface area contributed by atoms with Crippen LogP contribution >= 0.6 is 15.9 Å². The van der Waals surface area contributed by atoms with Gasteiger partial charge in [-0.05, 0) is 36.5 Å². The summed E-state index contributed by atoms with van der Waals surface area (Å²) in [5.41, 5.74) is 0.967. The third-order valence-electron chi connectivity index (χ3n) is 3.12. The van der Waals surface area contributed by atoms with Crippen molar-refractivity contribution < 1.29 is 14.7 Å². The largest absolute Gasteiger partial charge is 0.480 e. The number of halogens is 1. The van der Waals surface area contributed by atoms with E-state index in [4.69, 9.17) is 5.11 Å². The molecule has 0 aliphatic heterocycles. The van der Waals surface area contributed by atoms with E-state index in [1.54, 1.807) is 0 Å². The van der Waals surface area contributed by atoms with Crippen molar-refractivity contribution in [2.75, 3.05) is 13.1 Å². The minimum absolute atomic E-state index is 0.249. The zero-order valence-electron chi connectivity index (χ0n) is 11.0. The zero-order chi connectivity index (χ0) is 14.5. The van der Waals surface area contributed by atoms with Crippen molar-refractivity contribution in [2.45, 2.75) is 19.4 Å². The number of amides is 2. The van der Waals surface area contributed by atoms with E-state index in [2.05, 4.69) is 21.2 Å². The Morgan fingerprint density at radius 2 is 2.15 bits per heavy atom. The minimum atomic E-state index is -0.983. The molecule has 108 valence electrons. The van der Waals surface area contributed by atoms with Gasteiger partial charge in [-0.2, -0.15) is 0 Å². The first-order valence-corrected chi connectivity index (χ1v) is 7.33. The molecule has 0 saturated heterocycles. The molecule has 1 saturated carbocycles. The van der Waals surface area contributed by atoms with Gasteiger partial charge in [0.05, 0.1) is 0 Å². The van der Waals surface area contributed by atoms with E-state index in [1.807, 2.05) is 24.3 Å². The van der Waals surface area contributed by atoms with Crippen LogP contribution in [-0.2, 0) is 11.3 Å². The van der Waals surface area contributed by atoms with Gasteiger partial charge in [-0.25, -0.2) is 4.79 Å². The second-order valence-electron chi connectivity index (χ2n) is 5.01. The lowest BCUT2D eigenvalue weighted by Gasteiger charge is -2.21. The highest BCUT2D eigenvalue weighted by atomic mass is 79.9. The van der Waals surface area contributed by atoms with E-state index in [9.17, 15) is 9.59 Å². The lowest BCUT2D eigenvalue weighted by molar-refractivity contribution is -0.137. The summed E-state index contributed by atoms with van der Waals surface area (Å²) < 4.78 is 0.949. The molecule has 1 aliphatic rings. The first-order chi connectivity index (χ1) is 9.54. The number of carbonyl (C=O) groups is 2. The van der Waals surface area contributed by atoms with Gasteiger partial charge < -0.3 is 15.3 Å². The Morgan fingerprint density at radius 1 is 1.40 bits per heavy atom. The van der Waals surface area contributed by atoms with Gasteiger partial charge in [0.2, 0.25) is 0 Å². The molecule has 1 fully saturated rings. The molecule has 1 aromatic rings. The maximum Gasteiger partial charge on any atom is 0.323 e. The number of nitrogens with zero attached hydrogens (tertiary/aromatic N) is 1. The fourth-order valence-corrected chi connectivity index (χ4v) is 2.38. The Labute approximate surface area is 126 Å². The molecule has 2 N–H and O–H groups in total. The monoisotopic (exact) mass is 340 g/mol. The number of hydrogen-bond acceptors (Lipinski definition) is 2. The van der Waals surface area contributed by atoms with Gasteiger partial charge in [0.15, 0.2) is 0 Å². The molecule has 2 amide bonds. The Kier molecular flexibility index (Phi) is 5.00. The molecule has 0 heterocycles. The lowest BCUT2D eigenvalue weighted by Crippen LogP contribution is -2.43. The minimum Gasteiger partial charge on any atom is -0.480 e. The van der Waals surface area contributed by atoms with E-state index >= 15 is 0 Å². The highest BCUT2D eigenvalue weighted by Gasteiger charge is 2.27. The van der Waals surface area contributed by atoms with E-state index in [0.29, 0.717) is 19.0 Å². The smallest absolute Gasteiger partial charge is 0.323 e. The molecular formula is C14H17BrN2O3. The summed E-state index contributed by atoms with van der Waals surface area (Å²) in [5.74, 6) is -0.519. The molecule has 20 heavy (non-hydrogen) atoms. The van der Waals surface area contributed by atoms with E-state index in [0.717, 1.165) is 22.9 Å². The summed E-state index contributed by atoms with van der Waals surface area (Å²) in [6.07, 6.45) is 2.16. The van der Waals surface area contributed by atoms with Gasteiger partial charge in [0.25, 0.3) is 0 Å². The summed E-state index contributed by atoms with van der Waals surface area (Å²) in [6, 6.07) is 7.31. The fourth-order valence-electron chi connectivity index (χ4n) is 1.93. The van der Waals surface area contributed by atoms with E-state index in [1.165, 1.54) is 4.90 Å². The molecule has 0 spiro atoms. The van der Waals surface area contributed by atoms with Crippen LogP contribution in [0, 0.1) is 5.92 Å². The summed E-state index contributed by atoms with van der Waals surface area (Å²) in [5, 5.41) is 11.6. The number of nitrogens with one attached hydrogen (secondary N) is 1. The first kappa shape index (κ1) is 14.8. The number of aliphatic carboxylic acids is 1. The summed E-state index contributed by atoms with van der Waals surface area (Å²) >= 11 is 3.37. The third-order valence-corrected chi connectivity index (χ3v) is 3.61. The fraction of sp³-hybridized carbons (Fsp3) is 0.429. The van der Waals surface area contributed by atoms with Crippen molar-refractivity contribution in [3.05, 3.63) is 34.3 Å². The molecule has 1 aromatic carbocycles. The molecule has 0 aromatic heterocycles. The Morgan fingerprint density at radius 3 is 2.75 bits per heavy atom. The van der Waals surface area contributed by atoms with E-state index in [-0.39, 0.29) is 12.6 Å². The Hall–Kier alpha value is -1.56. The van der Waals surface area contributed by atoms with Crippen LogP contribution in [0.4, 0.5) is 4.79 Å². The third kappa shape index (κ3) is 4.85. The van der Waals surface area contributed by atoms with Gasteiger partial charge in [-0.1, -0.05) is 28.1 Å². The van der Waals surface area contributed by atoms with Crippen LogP contribution in [0.1, 0.15) is 18.4 Å². The zero-order valence-corrected chi connectivity index (χ0v) is 12.6. The quantitative estimate of drug-likeness (QED) is 0.835. The van der Waals surface area contributed by atoms with Crippen molar-refractivity contribution in [3.8, 4) is 0 Å². The molecular weight excluding hydrogens is 324 g/mol. The number of carbonyl (C=O) groups excluding carboxylic acids is 1. The molecule has 0 radical (unpaired) electrons. The maximum atomic E-state index is 12.0. The van der Waals surface area contributed by atoms with E-state index < -0.39 is 5.97 Å². The highest BCUT2D eigenvalue weighted by molar-refractivity contribution is 9.10. The number of hydrogen-bond donors (Lipinski definition) is 2. The van der Waals surface area contributed by atoms with Crippen LogP contribution in [0.2, 0.25) is 0 Å². The molecule has 0 atom stereocenters. The number of carboxylic acids is 1. The Bertz CT molecular complexity index is 503. The van der Waals surface area contributed by atoms with Gasteiger partial charge in [0, 0.05) is 17.6 Å². The lowest BCUT2D eigenvalue weighted by atomic mass is 10.2. The topological polar surface area (TPSA) is 69.6 Å². The van der Waals surface area contributed by atoms with Crippen molar-refractivity contribution in [1.82, 2.24) is 10.2 Å². The predicted octanol–water partition coefficient (Wildman–Crippen LogP) is 2.46. The standard InChI is InChI=1S/C14H17BrN2O3/c15-12-3-1-2-11(6-12)7-16-14(20)17(9-13(18)19)8-10-4-5-10/h1-3,6,10H,4-5,7-9H2,(H,16,20)(H,18,19). The van der Waals surface area contributed by atoms with Crippen LogP contribution in [0.3, 0.4) is 0 Å². The van der Waals surface area contributed by atoms with Crippen LogP contribution in [-0.4, -0.2) is 35.1 Å². The number of rotatable bonds is 6. The number of benzene rings is 1. The van der Waals surface area contributed by atoms with Gasteiger partial charge >= 0.3 is 12.0 Å². The second-order valence-corrected chi connectivity index (χ2v) is 5.92. The van der Waals surface area contributed by atoms with Gasteiger partial charge in [-0.15, -0.1) is 0 Å². The molecule has 1 aliphatic carbocycles. The van der Waals surface area contributed by atoms with Crippen molar-refractivity contribution in [2.24, 2.45) is 5.92 Å². The maximum absolute atomic E-state index is 12.0. The normalized spacial score (nSPS) is 13.8. The molecule has 0 unspecified atom stereocenters. The summed E-state index contributed by atoms with van der Waals surface area (Å²) in [4.78, 5) is 24.2. The molecule has 2 rings (SSSR count). The molecule has 0 bridgehead atoms. The predicted molar refractivity (Wildman–Crippen MR) is 78.3 cm³/mol. The van der Waals surface area contributed by atoms with Gasteiger partial charge in [0.1, 0.15) is 6.54 Å². The van der Waals surface area contributed by atoms with Crippen molar-refractivity contribution in [1.29, 1.82) is 0 Å². The van der Waals surface area contributed by atoms with Crippen LogP contribution in [0.5, 0.6) is 0 Å². The number of urea groups is 1. The molecule has 6 heteroatoms. The van der Waals surface area contributed by atoms with Crippen molar-refractivity contribution in [3.63, 3.8) is 0 Å². The van der Waals surface area contributed by atoms with Crippen molar-refractivity contribution >= 4 is 27.9 Å². The van der Waals surface area contributed by atoms with Crippen LogP contribution < -0.4 is 5.32 Å². The average molecular weight is 341 g/mol. The summed E-state index contributed by atoms with van der Waals surface area (Å²) in [7, 11) is 0. The van der Waals surface area contributed by atoms with Crippen LogP contribution in [0.15, 0.2) is 28.7 Å². The second kappa shape index (κ2) is 6.74. The molecule has 5 nitrogen and oxygen atoms in total.